The summed E-state index contributed by atoms with van der Waals surface area (Å²) in [6.07, 6.45) is 3.63. The minimum Gasteiger partial charge on any atom is -0.486 e. The molecule has 0 aromatic heterocycles. The van der Waals surface area contributed by atoms with Gasteiger partial charge in [0.15, 0.2) is 5.78 Å². The highest BCUT2D eigenvalue weighted by atomic mass is 35.5. The first-order valence-electron chi connectivity index (χ1n) is 10.2. The van der Waals surface area contributed by atoms with Crippen LogP contribution >= 0.6 is 34.8 Å². The van der Waals surface area contributed by atoms with Gasteiger partial charge < -0.3 is 4.74 Å². The summed E-state index contributed by atoms with van der Waals surface area (Å²) < 4.78 is 29.7. The molecule has 0 aliphatic carbocycles. The summed E-state index contributed by atoms with van der Waals surface area (Å²) in [7, 11) is -3.42. The second-order valence-corrected chi connectivity index (χ2v) is 11.2. The SMILES string of the molecule is CC(C)(c1ccc(OCC(=O)CNS(C)(=O)=O)cc1)c1cc(Cl)c(CCCCCl)c(Cl)c1. The van der Waals surface area contributed by atoms with Gasteiger partial charge in [-0.15, -0.1) is 11.6 Å². The molecule has 2 aromatic rings. The summed E-state index contributed by atoms with van der Waals surface area (Å²) in [6.45, 7) is 3.64. The van der Waals surface area contributed by atoms with Crippen molar-refractivity contribution < 1.29 is 17.9 Å². The minimum atomic E-state index is -3.42. The van der Waals surface area contributed by atoms with E-state index in [1.165, 1.54) is 0 Å². The van der Waals surface area contributed by atoms with Crippen molar-refractivity contribution in [3.63, 3.8) is 0 Å². The second-order valence-electron chi connectivity index (χ2n) is 8.13. The molecule has 5 nitrogen and oxygen atoms in total. The van der Waals surface area contributed by atoms with Gasteiger partial charge in [-0.3, -0.25) is 4.79 Å². The van der Waals surface area contributed by atoms with E-state index in [1.54, 1.807) is 12.1 Å². The maximum Gasteiger partial charge on any atom is 0.209 e. The molecule has 0 heterocycles. The van der Waals surface area contributed by atoms with Gasteiger partial charge in [0.05, 0.1) is 12.8 Å². The van der Waals surface area contributed by atoms with Gasteiger partial charge in [0.25, 0.3) is 0 Å². The molecule has 32 heavy (non-hydrogen) atoms. The van der Waals surface area contributed by atoms with Crippen LogP contribution in [0.3, 0.4) is 0 Å². The molecule has 0 aliphatic rings. The molecule has 0 spiro atoms. The lowest BCUT2D eigenvalue weighted by Gasteiger charge is -2.27. The van der Waals surface area contributed by atoms with Crippen molar-refractivity contribution in [1.82, 2.24) is 4.72 Å². The summed E-state index contributed by atoms with van der Waals surface area (Å²) in [6, 6.07) is 11.3. The molecule has 1 N–H and O–H groups in total. The molecular formula is C23H28Cl3NO4S. The maximum absolute atomic E-state index is 11.8. The predicted octanol–water partition coefficient (Wildman–Crippen LogP) is 5.38. The van der Waals surface area contributed by atoms with Gasteiger partial charge in [-0.05, 0) is 60.2 Å². The van der Waals surface area contributed by atoms with Crippen LogP contribution in [0.2, 0.25) is 10.0 Å². The predicted molar refractivity (Wildman–Crippen MR) is 132 cm³/mol. The number of nitrogens with one attached hydrogen (secondary N) is 1. The van der Waals surface area contributed by atoms with Crippen molar-refractivity contribution in [2.24, 2.45) is 0 Å². The summed E-state index contributed by atoms with van der Waals surface area (Å²) in [5.41, 5.74) is 2.59. The normalized spacial score (nSPS) is 12.1. The van der Waals surface area contributed by atoms with Gasteiger partial charge in [-0.1, -0.05) is 49.2 Å². The number of ether oxygens (including phenoxy) is 1. The van der Waals surface area contributed by atoms with Crippen LogP contribution in [-0.4, -0.2) is 39.5 Å². The first kappa shape index (κ1) is 26.9. The first-order valence-corrected chi connectivity index (χ1v) is 13.4. The van der Waals surface area contributed by atoms with Gasteiger partial charge in [0, 0.05) is 21.3 Å². The third-order valence-electron chi connectivity index (χ3n) is 5.18. The molecule has 0 saturated carbocycles. The molecule has 9 heteroatoms. The lowest BCUT2D eigenvalue weighted by Crippen LogP contribution is -2.31. The Hall–Kier alpha value is -1.31. The lowest BCUT2D eigenvalue weighted by atomic mass is 9.78. The molecule has 0 saturated heterocycles. The molecule has 0 unspecified atom stereocenters. The van der Waals surface area contributed by atoms with E-state index in [-0.39, 0.29) is 24.3 Å². The first-order chi connectivity index (χ1) is 14.9. The quantitative estimate of drug-likeness (QED) is 0.301. The molecule has 0 aliphatic heterocycles. The number of hydrogen-bond donors (Lipinski definition) is 1. The van der Waals surface area contributed by atoms with Crippen LogP contribution in [0.4, 0.5) is 0 Å². The van der Waals surface area contributed by atoms with E-state index in [1.807, 2.05) is 24.3 Å². The summed E-state index contributed by atoms with van der Waals surface area (Å²) in [4.78, 5) is 11.8. The summed E-state index contributed by atoms with van der Waals surface area (Å²) >= 11 is 18.9. The Labute approximate surface area is 205 Å². The van der Waals surface area contributed by atoms with E-state index < -0.39 is 10.0 Å². The van der Waals surface area contributed by atoms with Gasteiger partial charge in [-0.2, -0.15) is 0 Å². The zero-order valence-electron chi connectivity index (χ0n) is 18.4. The number of carbonyl (C=O) groups is 1. The highest BCUT2D eigenvalue weighted by molar-refractivity contribution is 7.88. The fourth-order valence-electron chi connectivity index (χ4n) is 3.16. The Kier molecular flexibility index (Phi) is 9.85. The number of halogens is 3. The van der Waals surface area contributed by atoms with E-state index in [4.69, 9.17) is 39.5 Å². The molecule has 0 atom stereocenters. The Bertz CT molecular complexity index is 1010. The lowest BCUT2D eigenvalue weighted by molar-refractivity contribution is -0.119. The molecule has 2 aromatic carbocycles. The van der Waals surface area contributed by atoms with Crippen molar-refractivity contribution in [2.45, 2.75) is 38.5 Å². The average molecular weight is 521 g/mol. The fraction of sp³-hybridized carbons (Fsp3) is 0.435. The number of unbranched alkanes of at least 4 members (excludes halogenated alkanes) is 1. The van der Waals surface area contributed by atoms with Gasteiger partial charge in [-0.25, -0.2) is 13.1 Å². The maximum atomic E-state index is 11.8. The Balaban J connectivity index is 2.08. The summed E-state index contributed by atoms with van der Waals surface area (Å²) in [5, 5.41) is 1.30. The number of sulfonamides is 1. The Morgan fingerprint density at radius 2 is 1.62 bits per heavy atom. The van der Waals surface area contributed by atoms with Gasteiger partial charge in [0.2, 0.25) is 10.0 Å². The number of Topliss-reactive ketones (excluding diaryl/α,β-unsaturated/α-hetero) is 1. The molecular weight excluding hydrogens is 493 g/mol. The van der Waals surface area contributed by atoms with Crippen LogP contribution in [0, 0.1) is 0 Å². The van der Waals surface area contributed by atoms with Crippen LogP contribution in [0.15, 0.2) is 36.4 Å². The number of rotatable bonds is 12. The standard InChI is InChI=1S/C23H28Cl3NO4S/c1-23(2,17-12-21(25)20(22(26)13-17)6-4-5-11-24)16-7-9-19(10-8-16)31-15-18(28)14-27-32(3,29)30/h7-10,12-13,27H,4-6,11,14-15H2,1-3H3. The second kappa shape index (κ2) is 11.7. The highest BCUT2D eigenvalue weighted by Gasteiger charge is 2.25. The van der Waals surface area contributed by atoms with E-state index in [0.29, 0.717) is 21.7 Å². The molecule has 0 bridgehead atoms. The monoisotopic (exact) mass is 519 g/mol. The van der Waals surface area contributed by atoms with E-state index in [9.17, 15) is 13.2 Å². The molecule has 0 amide bonds. The van der Waals surface area contributed by atoms with Gasteiger partial charge in [0.1, 0.15) is 12.4 Å². The van der Waals surface area contributed by atoms with Crippen LogP contribution < -0.4 is 9.46 Å². The number of ketones is 1. The van der Waals surface area contributed by atoms with Crippen LogP contribution in [0.1, 0.15) is 43.4 Å². The number of carbonyl (C=O) groups excluding carboxylic acids is 1. The average Bonchev–Trinajstić information content (AvgIpc) is 2.72. The number of benzene rings is 2. The smallest absolute Gasteiger partial charge is 0.209 e. The van der Waals surface area contributed by atoms with Crippen molar-refractivity contribution in [2.75, 3.05) is 25.3 Å². The number of hydrogen-bond acceptors (Lipinski definition) is 4. The van der Waals surface area contributed by atoms with Crippen LogP contribution in [0.25, 0.3) is 0 Å². The van der Waals surface area contributed by atoms with Gasteiger partial charge >= 0.3 is 0 Å². The van der Waals surface area contributed by atoms with Crippen molar-refractivity contribution in [1.29, 1.82) is 0 Å². The third kappa shape index (κ3) is 7.92. The zero-order chi connectivity index (χ0) is 23.9. The topological polar surface area (TPSA) is 72.5 Å². The third-order valence-corrected chi connectivity index (χ3v) is 6.79. The Morgan fingerprint density at radius 3 is 2.16 bits per heavy atom. The van der Waals surface area contributed by atoms with E-state index in [0.717, 1.165) is 42.2 Å². The fourth-order valence-corrected chi connectivity index (χ4v) is 4.45. The van der Waals surface area contributed by atoms with Crippen LogP contribution in [-0.2, 0) is 26.7 Å². The van der Waals surface area contributed by atoms with Crippen LogP contribution in [0.5, 0.6) is 5.75 Å². The van der Waals surface area contributed by atoms with Crippen molar-refractivity contribution >= 4 is 50.6 Å². The molecule has 0 fully saturated rings. The molecule has 176 valence electrons. The number of alkyl halides is 1. The van der Waals surface area contributed by atoms with E-state index >= 15 is 0 Å². The Morgan fingerprint density at radius 1 is 1.03 bits per heavy atom. The molecule has 0 radical (unpaired) electrons. The highest BCUT2D eigenvalue weighted by Crippen LogP contribution is 2.37. The largest absolute Gasteiger partial charge is 0.486 e. The summed E-state index contributed by atoms with van der Waals surface area (Å²) in [5.74, 6) is 0.768. The van der Waals surface area contributed by atoms with Crippen molar-refractivity contribution in [3.8, 4) is 5.75 Å². The zero-order valence-corrected chi connectivity index (χ0v) is 21.5. The van der Waals surface area contributed by atoms with Crippen molar-refractivity contribution in [3.05, 3.63) is 63.1 Å². The molecule has 2 rings (SSSR count). The van der Waals surface area contributed by atoms with E-state index in [2.05, 4.69) is 18.6 Å². The minimum absolute atomic E-state index is 0.221.